The second-order valence-corrected chi connectivity index (χ2v) is 7.30. The number of rotatable bonds is 8. The van der Waals surface area contributed by atoms with Crippen molar-refractivity contribution in [1.82, 2.24) is 14.9 Å². The number of nitrogens with one attached hydrogen (secondary N) is 2. The Morgan fingerprint density at radius 3 is 2.57 bits per heavy atom. The molecule has 7 heteroatoms. The zero-order valence-electron chi connectivity index (χ0n) is 16.3. The van der Waals surface area contributed by atoms with Gasteiger partial charge in [0.1, 0.15) is 18.2 Å². The molecule has 1 saturated carbocycles. The van der Waals surface area contributed by atoms with Gasteiger partial charge in [0.25, 0.3) is 0 Å². The third-order valence-corrected chi connectivity index (χ3v) is 5.07. The lowest BCUT2D eigenvalue weighted by molar-refractivity contribution is -0.125. The minimum Gasteiger partial charge on any atom is -0.486 e. The van der Waals surface area contributed by atoms with Crippen LogP contribution < -0.4 is 15.4 Å². The highest BCUT2D eigenvalue weighted by Crippen LogP contribution is 2.26. The van der Waals surface area contributed by atoms with Gasteiger partial charge in [-0.25, -0.2) is 4.98 Å². The Bertz CT molecular complexity index is 779. The monoisotopic (exact) mass is 384 g/mol. The maximum absolute atomic E-state index is 12.0. The number of anilines is 1. The number of imidazole rings is 1. The number of carbonyl (C=O) groups excluding carboxylic acids is 2. The fourth-order valence-corrected chi connectivity index (χ4v) is 3.43. The van der Waals surface area contributed by atoms with Gasteiger partial charge in [0.05, 0.1) is 6.54 Å². The Labute approximate surface area is 165 Å². The highest BCUT2D eigenvalue weighted by molar-refractivity contribution is 5.94. The molecule has 0 unspecified atom stereocenters. The zero-order valence-corrected chi connectivity index (χ0v) is 16.3. The van der Waals surface area contributed by atoms with Gasteiger partial charge in [0, 0.05) is 31.5 Å². The van der Waals surface area contributed by atoms with Crippen molar-refractivity contribution in [2.45, 2.75) is 45.1 Å². The molecule has 1 fully saturated rings. The molecule has 7 nitrogen and oxygen atoms in total. The van der Waals surface area contributed by atoms with Gasteiger partial charge >= 0.3 is 0 Å². The molecule has 1 heterocycles. The van der Waals surface area contributed by atoms with Gasteiger partial charge in [-0.15, -0.1) is 0 Å². The van der Waals surface area contributed by atoms with Crippen LogP contribution in [0.15, 0.2) is 36.7 Å². The van der Waals surface area contributed by atoms with E-state index < -0.39 is 0 Å². The van der Waals surface area contributed by atoms with Crippen LogP contribution in [-0.4, -0.2) is 27.9 Å². The second kappa shape index (κ2) is 9.92. The Kier molecular flexibility index (Phi) is 7.06. The van der Waals surface area contributed by atoms with Crippen molar-refractivity contribution >= 4 is 17.5 Å². The predicted molar refractivity (Wildman–Crippen MR) is 107 cm³/mol. The van der Waals surface area contributed by atoms with Crippen LogP contribution in [0.2, 0.25) is 0 Å². The van der Waals surface area contributed by atoms with Crippen molar-refractivity contribution in [2.24, 2.45) is 13.0 Å². The molecule has 3 rings (SSSR count). The molecule has 0 saturated heterocycles. The lowest BCUT2D eigenvalue weighted by atomic mass is 9.87. The van der Waals surface area contributed by atoms with Gasteiger partial charge in [-0.05, 0) is 43.0 Å². The minimum absolute atomic E-state index is 0.0109. The van der Waals surface area contributed by atoms with E-state index in [1.54, 1.807) is 30.5 Å². The molecule has 1 aromatic carbocycles. The van der Waals surface area contributed by atoms with Gasteiger partial charge in [-0.1, -0.05) is 19.3 Å². The summed E-state index contributed by atoms with van der Waals surface area (Å²) in [5.74, 6) is 1.72. The van der Waals surface area contributed by atoms with Crippen molar-refractivity contribution in [1.29, 1.82) is 0 Å². The molecule has 2 aromatic rings. The first kappa shape index (κ1) is 19.9. The number of nitrogens with zero attached hydrogens (tertiary/aromatic N) is 2. The number of amides is 2. The number of aryl methyl sites for hydroxylation is 1. The Balaban J connectivity index is 1.37. The molecule has 0 aliphatic heterocycles. The lowest BCUT2D eigenvalue weighted by Crippen LogP contribution is -2.34. The molecular formula is C21H28N4O3. The standard InChI is InChI=1S/C21H28N4O3/c1-25-12-11-22-19(25)15-28-18-9-7-17(8-10-18)24-21(27)14-23-20(26)13-16-5-3-2-4-6-16/h7-12,16H,2-6,13-15H2,1H3,(H,23,26)(H,24,27). The van der Waals surface area contributed by atoms with E-state index in [4.69, 9.17) is 4.74 Å². The molecular weight excluding hydrogens is 356 g/mol. The van der Waals surface area contributed by atoms with E-state index in [0.29, 0.717) is 30.4 Å². The van der Waals surface area contributed by atoms with Crippen molar-refractivity contribution < 1.29 is 14.3 Å². The number of benzene rings is 1. The van der Waals surface area contributed by atoms with Crippen LogP contribution >= 0.6 is 0 Å². The second-order valence-electron chi connectivity index (χ2n) is 7.30. The van der Waals surface area contributed by atoms with E-state index in [9.17, 15) is 9.59 Å². The highest BCUT2D eigenvalue weighted by atomic mass is 16.5. The van der Waals surface area contributed by atoms with Crippen molar-refractivity contribution in [3.05, 3.63) is 42.5 Å². The van der Waals surface area contributed by atoms with Crippen molar-refractivity contribution in [3.8, 4) is 5.75 Å². The van der Waals surface area contributed by atoms with E-state index in [1.165, 1.54) is 19.3 Å². The molecule has 0 atom stereocenters. The maximum atomic E-state index is 12.0. The normalized spacial score (nSPS) is 14.5. The Hall–Kier alpha value is -2.83. The quantitative estimate of drug-likeness (QED) is 0.733. The number of hydrogen-bond acceptors (Lipinski definition) is 4. The summed E-state index contributed by atoms with van der Waals surface area (Å²) in [5.41, 5.74) is 0.663. The molecule has 2 N–H and O–H groups in total. The molecule has 0 bridgehead atoms. The van der Waals surface area contributed by atoms with E-state index in [2.05, 4.69) is 15.6 Å². The summed E-state index contributed by atoms with van der Waals surface area (Å²) in [6.07, 6.45) is 10.0. The summed E-state index contributed by atoms with van der Waals surface area (Å²) in [6, 6.07) is 7.13. The van der Waals surface area contributed by atoms with Crippen LogP contribution in [0, 0.1) is 5.92 Å². The van der Waals surface area contributed by atoms with Crippen LogP contribution in [-0.2, 0) is 23.2 Å². The topological polar surface area (TPSA) is 85.2 Å². The van der Waals surface area contributed by atoms with E-state index in [0.717, 1.165) is 18.7 Å². The summed E-state index contributed by atoms with van der Waals surface area (Å²) >= 11 is 0. The summed E-state index contributed by atoms with van der Waals surface area (Å²) < 4.78 is 7.59. The average Bonchev–Trinajstić information content (AvgIpc) is 3.11. The SMILES string of the molecule is Cn1ccnc1COc1ccc(NC(=O)CNC(=O)CC2CCCCC2)cc1. The van der Waals surface area contributed by atoms with Crippen molar-refractivity contribution in [3.63, 3.8) is 0 Å². The summed E-state index contributed by atoms with van der Waals surface area (Å²) in [7, 11) is 1.91. The highest BCUT2D eigenvalue weighted by Gasteiger charge is 2.17. The average molecular weight is 384 g/mol. The first-order chi connectivity index (χ1) is 13.6. The van der Waals surface area contributed by atoms with Crippen LogP contribution in [0.25, 0.3) is 0 Å². The predicted octanol–water partition coefficient (Wildman–Crippen LogP) is 3.02. The van der Waals surface area contributed by atoms with Crippen LogP contribution in [0.1, 0.15) is 44.3 Å². The van der Waals surface area contributed by atoms with Gasteiger partial charge in [-0.2, -0.15) is 0 Å². The number of aromatic nitrogens is 2. The minimum atomic E-state index is -0.237. The Morgan fingerprint density at radius 2 is 1.89 bits per heavy atom. The first-order valence-corrected chi connectivity index (χ1v) is 9.86. The Morgan fingerprint density at radius 1 is 1.14 bits per heavy atom. The smallest absolute Gasteiger partial charge is 0.243 e. The van der Waals surface area contributed by atoms with Gasteiger partial charge in [0.15, 0.2) is 0 Å². The molecule has 0 radical (unpaired) electrons. The number of hydrogen-bond donors (Lipinski definition) is 2. The largest absolute Gasteiger partial charge is 0.486 e. The molecule has 1 aliphatic rings. The maximum Gasteiger partial charge on any atom is 0.243 e. The molecule has 0 spiro atoms. The molecule has 28 heavy (non-hydrogen) atoms. The molecule has 2 amide bonds. The first-order valence-electron chi connectivity index (χ1n) is 9.86. The molecule has 1 aromatic heterocycles. The molecule has 1 aliphatic carbocycles. The summed E-state index contributed by atoms with van der Waals surface area (Å²) in [5, 5.41) is 5.50. The van der Waals surface area contributed by atoms with E-state index >= 15 is 0 Å². The fraction of sp³-hybridized carbons (Fsp3) is 0.476. The van der Waals surface area contributed by atoms with Crippen molar-refractivity contribution in [2.75, 3.05) is 11.9 Å². The lowest BCUT2D eigenvalue weighted by Gasteiger charge is -2.20. The number of ether oxygens (including phenoxy) is 1. The summed E-state index contributed by atoms with van der Waals surface area (Å²) in [6.45, 7) is 0.366. The zero-order chi connectivity index (χ0) is 19.8. The number of carbonyl (C=O) groups is 2. The van der Waals surface area contributed by atoms with E-state index in [-0.39, 0.29) is 18.4 Å². The van der Waals surface area contributed by atoms with Crippen LogP contribution in [0.4, 0.5) is 5.69 Å². The van der Waals surface area contributed by atoms with Crippen LogP contribution in [0.3, 0.4) is 0 Å². The summed E-state index contributed by atoms with van der Waals surface area (Å²) in [4.78, 5) is 28.2. The van der Waals surface area contributed by atoms with Gasteiger partial charge < -0.3 is 19.9 Å². The third-order valence-electron chi connectivity index (χ3n) is 5.07. The van der Waals surface area contributed by atoms with Gasteiger partial charge in [-0.3, -0.25) is 9.59 Å². The van der Waals surface area contributed by atoms with E-state index in [1.807, 2.05) is 17.8 Å². The van der Waals surface area contributed by atoms with Crippen LogP contribution in [0.5, 0.6) is 5.75 Å². The van der Waals surface area contributed by atoms with Gasteiger partial charge in [0.2, 0.25) is 11.8 Å². The fourth-order valence-electron chi connectivity index (χ4n) is 3.43. The third kappa shape index (κ3) is 6.11. The molecule has 150 valence electrons.